The molecule has 0 heterocycles. The van der Waals surface area contributed by atoms with Crippen LogP contribution in [0, 0.1) is 11.6 Å². The fourth-order valence-electron chi connectivity index (χ4n) is 2.75. The summed E-state index contributed by atoms with van der Waals surface area (Å²) in [6.07, 6.45) is 3.34. The van der Waals surface area contributed by atoms with Gasteiger partial charge in [-0.05, 0) is 18.9 Å². The van der Waals surface area contributed by atoms with Crippen molar-refractivity contribution in [2.45, 2.75) is 43.8 Å². The predicted octanol–water partition coefficient (Wildman–Crippen LogP) is 3.35. The maximum atomic E-state index is 13.7. The number of benzene rings is 1. The van der Waals surface area contributed by atoms with E-state index in [9.17, 15) is 13.9 Å². The standard InChI is InChI=1S/C14H18F2O2/c1-18-14(7-3-2-4-8-14)13(17)11-6-5-10(15)9-12(11)16/h5-6,9,13,17H,2-4,7-8H2,1H3. The van der Waals surface area contributed by atoms with Gasteiger partial charge in [-0.2, -0.15) is 0 Å². The van der Waals surface area contributed by atoms with Crippen LogP contribution in [0.2, 0.25) is 0 Å². The van der Waals surface area contributed by atoms with E-state index in [4.69, 9.17) is 4.74 Å². The Morgan fingerprint density at radius 2 is 1.89 bits per heavy atom. The summed E-state index contributed by atoms with van der Waals surface area (Å²) in [5, 5.41) is 10.4. The Labute approximate surface area is 106 Å². The first-order valence-electron chi connectivity index (χ1n) is 6.27. The van der Waals surface area contributed by atoms with Crippen LogP contribution in [0.25, 0.3) is 0 Å². The zero-order valence-electron chi connectivity index (χ0n) is 10.5. The molecule has 1 unspecified atom stereocenters. The van der Waals surface area contributed by atoms with Gasteiger partial charge in [-0.15, -0.1) is 0 Å². The van der Waals surface area contributed by atoms with Gasteiger partial charge in [0.25, 0.3) is 0 Å². The first-order valence-corrected chi connectivity index (χ1v) is 6.27. The van der Waals surface area contributed by atoms with Crippen LogP contribution in [-0.2, 0) is 4.74 Å². The molecule has 0 aliphatic heterocycles. The Bertz CT molecular complexity index is 414. The lowest BCUT2D eigenvalue weighted by molar-refractivity contribution is -0.126. The number of methoxy groups -OCH3 is 1. The van der Waals surface area contributed by atoms with E-state index in [-0.39, 0.29) is 5.56 Å². The van der Waals surface area contributed by atoms with Gasteiger partial charge in [-0.25, -0.2) is 8.78 Å². The average Bonchev–Trinajstić information content (AvgIpc) is 2.39. The second kappa shape index (κ2) is 5.33. The van der Waals surface area contributed by atoms with E-state index in [0.29, 0.717) is 12.8 Å². The molecule has 0 spiro atoms. The predicted molar refractivity (Wildman–Crippen MR) is 64.1 cm³/mol. The molecule has 1 aromatic carbocycles. The Morgan fingerprint density at radius 3 is 2.44 bits per heavy atom. The summed E-state index contributed by atoms with van der Waals surface area (Å²) >= 11 is 0. The zero-order valence-corrected chi connectivity index (χ0v) is 10.5. The van der Waals surface area contributed by atoms with Crippen molar-refractivity contribution in [2.24, 2.45) is 0 Å². The van der Waals surface area contributed by atoms with E-state index in [2.05, 4.69) is 0 Å². The fourth-order valence-corrected chi connectivity index (χ4v) is 2.75. The SMILES string of the molecule is COC1(C(O)c2ccc(F)cc2F)CCCCC1. The van der Waals surface area contributed by atoms with E-state index >= 15 is 0 Å². The molecule has 1 atom stereocenters. The molecule has 1 fully saturated rings. The molecule has 1 N–H and O–H groups in total. The minimum absolute atomic E-state index is 0.111. The van der Waals surface area contributed by atoms with E-state index < -0.39 is 23.3 Å². The molecule has 18 heavy (non-hydrogen) atoms. The van der Waals surface area contributed by atoms with Crippen molar-refractivity contribution in [1.82, 2.24) is 0 Å². The lowest BCUT2D eigenvalue weighted by Crippen LogP contribution is -2.40. The molecule has 2 nitrogen and oxygen atoms in total. The quantitative estimate of drug-likeness (QED) is 0.898. The number of ether oxygens (including phenoxy) is 1. The zero-order chi connectivity index (χ0) is 13.2. The highest BCUT2D eigenvalue weighted by Gasteiger charge is 2.41. The molecule has 0 amide bonds. The van der Waals surface area contributed by atoms with Gasteiger partial charge in [-0.1, -0.05) is 25.3 Å². The second-order valence-corrected chi connectivity index (χ2v) is 4.90. The van der Waals surface area contributed by atoms with Crippen LogP contribution in [0.1, 0.15) is 43.8 Å². The smallest absolute Gasteiger partial charge is 0.132 e. The molecule has 4 heteroatoms. The van der Waals surface area contributed by atoms with Gasteiger partial charge < -0.3 is 9.84 Å². The lowest BCUT2D eigenvalue weighted by Gasteiger charge is -2.40. The number of hydrogen-bond acceptors (Lipinski definition) is 2. The molecular weight excluding hydrogens is 238 g/mol. The third-order valence-electron chi connectivity index (χ3n) is 3.86. The maximum absolute atomic E-state index is 13.7. The summed E-state index contributed by atoms with van der Waals surface area (Å²) in [5.74, 6) is -1.36. The molecule has 1 aromatic rings. The van der Waals surface area contributed by atoms with Crippen LogP contribution in [-0.4, -0.2) is 17.8 Å². The van der Waals surface area contributed by atoms with Gasteiger partial charge in [0.1, 0.15) is 17.7 Å². The minimum Gasteiger partial charge on any atom is -0.385 e. The van der Waals surface area contributed by atoms with E-state index in [1.165, 1.54) is 13.2 Å². The largest absolute Gasteiger partial charge is 0.385 e. The number of aliphatic hydroxyl groups is 1. The van der Waals surface area contributed by atoms with Crippen molar-refractivity contribution in [2.75, 3.05) is 7.11 Å². The topological polar surface area (TPSA) is 29.5 Å². The fraction of sp³-hybridized carbons (Fsp3) is 0.571. The summed E-state index contributed by atoms with van der Waals surface area (Å²) < 4.78 is 32.1. The van der Waals surface area contributed by atoms with E-state index in [0.717, 1.165) is 31.4 Å². The summed E-state index contributed by atoms with van der Waals surface area (Å²) in [7, 11) is 1.54. The van der Waals surface area contributed by atoms with Crippen LogP contribution in [0.3, 0.4) is 0 Å². The number of aliphatic hydroxyl groups excluding tert-OH is 1. The molecule has 0 aromatic heterocycles. The van der Waals surface area contributed by atoms with Crippen molar-refractivity contribution in [3.8, 4) is 0 Å². The summed E-state index contributed by atoms with van der Waals surface area (Å²) in [6.45, 7) is 0. The van der Waals surface area contributed by atoms with Gasteiger partial charge in [0.2, 0.25) is 0 Å². The van der Waals surface area contributed by atoms with Crippen LogP contribution >= 0.6 is 0 Å². The van der Waals surface area contributed by atoms with Crippen LogP contribution in [0.15, 0.2) is 18.2 Å². The van der Waals surface area contributed by atoms with Crippen molar-refractivity contribution in [3.63, 3.8) is 0 Å². The molecule has 1 aliphatic carbocycles. The summed E-state index contributed by atoms with van der Waals surface area (Å²) in [4.78, 5) is 0. The van der Waals surface area contributed by atoms with Crippen molar-refractivity contribution in [1.29, 1.82) is 0 Å². The van der Waals surface area contributed by atoms with Gasteiger partial charge in [0.05, 0.1) is 5.60 Å². The first-order chi connectivity index (χ1) is 8.59. The van der Waals surface area contributed by atoms with Gasteiger partial charge in [-0.3, -0.25) is 0 Å². The highest BCUT2D eigenvalue weighted by Crippen LogP contribution is 2.41. The Kier molecular flexibility index (Phi) is 3.97. The highest BCUT2D eigenvalue weighted by molar-refractivity contribution is 5.23. The number of halogens is 2. The van der Waals surface area contributed by atoms with E-state index in [1.807, 2.05) is 0 Å². The van der Waals surface area contributed by atoms with Crippen LogP contribution in [0.5, 0.6) is 0 Å². The van der Waals surface area contributed by atoms with Crippen molar-refractivity contribution in [3.05, 3.63) is 35.4 Å². The van der Waals surface area contributed by atoms with Gasteiger partial charge in [0, 0.05) is 18.7 Å². The first kappa shape index (κ1) is 13.4. The molecule has 1 saturated carbocycles. The molecule has 0 bridgehead atoms. The van der Waals surface area contributed by atoms with Crippen molar-refractivity contribution >= 4 is 0 Å². The Balaban J connectivity index is 2.30. The van der Waals surface area contributed by atoms with Crippen LogP contribution in [0.4, 0.5) is 8.78 Å². The normalized spacial score (nSPS) is 20.7. The second-order valence-electron chi connectivity index (χ2n) is 4.90. The summed E-state index contributed by atoms with van der Waals surface area (Å²) in [6, 6.07) is 3.25. The van der Waals surface area contributed by atoms with E-state index in [1.54, 1.807) is 0 Å². The highest BCUT2D eigenvalue weighted by atomic mass is 19.1. The molecule has 100 valence electrons. The van der Waals surface area contributed by atoms with Gasteiger partial charge in [0.15, 0.2) is 0 Å². The Morgan fingerprint density at radius 1 is 1.22 bits per heavy atom. The molecular formula is C14H18F2O2. The number of hydrogen-bond donors (Lipinski definition) is 1. The third kappa shape index (κ3) is 2.40. The molecule has 0 saturated heterocycles. The third-order valence-corrected chi connectivity index (χ3v) is 3.86. The van der Waals surface area contributed by atoms with Gasteiger partial charge >= 0.3 is 0 Å². The monoisotopic (exact) mass is 256 g/mol. The average molecular weight is 256 g/mol. The molecule has 1 aliphatic rings. The Hall–Kier alpha value is -1.00. The molecule has 0 radical (unpaired) electrons. The maximum Gasteiger partial charge on any atom is 0.132 e. The lowest BCUT2D eigenvalue weighted by atomic mass is 9.78. The number of rotatable bonds is 3. The summed E-state index contributed by atoms with van der Waals surface area (Å²) in [5.41, 5.74) is -0.628. The molecule has 2 rings (SSSR count). The van der Waals surface area contributed by atoms with Crippen LogP contribution < -0.4 is 0 Å². The van der Waals surface area contributed by atoms with Crippen molar-refractivity contribution < 1.29 is 18.6 Å². The minimum atomic E-state index is -1.05.